The molecule has 4 rings (SSSR count). The number of H-pyrrole nitrogens is 1. The first-order valence-electron chi connectivity index (χ1n) is 9.22. The highest BCUT2D eigenvalue weighted by atomic mass is 16.5. The van der Waals surface area contributed by atoms with E-state index in [1.54, 1.807) is 0 Å². The zero-order chi connectivity index (χ0) is 15.7. The molecule has 0 unspecified atom stereocenters. The Morgan fingerprint density at radius 3 is 3.00 bits per heavy atom. The van der Waals surface area contributed by atoms with Crippen LogP contribution in [0.25, 0.3) is 0 Å². The fraction of sp³-hybridized carbons (Fsp3) is 0.778. The van der Waals surface area contributed by atoms with Gasteiger partial charge in [0.15, 0.2) is 0 Å². The predicted octanol–water partition coefficient (Wildman–Crippen LogP) is 2.83. The van der Waals surface area contributed by atoms with Gasteiger partial charge in [-0.1, -0.05) is 19.3 Å². The highest BCUT2D eigenvalue weighted by molar-refractivity contribution is 5.84. The van der Waals surface area contributed by atoms with E-state index in [1.807, 2.05) is 6.20 Å². The van der Waals surface area contributed by atoms with Crippen molar-refractivity contribution in [1.82, 2.24) is 15.5 Å². The first-order chi connectivity index (χ1) is 11.3. The highest BCUT2D eigenvalue weighted by Gasteiger charge is 2.39. The van der Waals surface area contributed by atoms with Crippen molar-refractivity contribution < 1.29 is 9.53 Å². The minimum absolute atomic E-state index is 0.0253. The van der Waals surface area contributed by atoms with E-state index in [-0.39, 0.29) is 23.5 Å². The standard InChI is InChI=1S/C18H27N3O2/c22-17(14-5-4-6-16-15(14)12-19-21-16)20-13-7-10-23-18(11-13)8-2-1-3-9-18/h12-14H,1-11H2,(H,19,21)(H,20,22)/t13-,14+/m1/s1. The van der Waals surface area contributed by atoms with E-state index in [0.29, 0.717) is 0 Å². The second-order valence-corrected chi connectivity index (χ2v) is 7.54. The SMILES string of the molecule is O=C(N[C@@H]1CCOC2(CCCCC2)C1)[C@H]1CCCc2[nH]ncc21. The number of aromatic amines is 1. The predicted molar refractivity (Wildman–Crippen MR) is 87.2 cm³/mol. The van der Waals surface area contributed by atoms with Gasteiger partial charge in [0.1, 0.15) is 0 Å². The number of carbonyl (C=O) groups excluding carboxylic acids is 1. The van der Waals surface area contributed by atoms with E-state index in [1.165, 1.54) is 19.3 Å². The number of nitrogens with zero attached hydrogens (tertiary/aromatic N) is 1. The van der Waals surface area contributed by atoms with Crippen LogP contribution in [0.5, 0.6) is 0 Å². The number of amides is 1. The van der Waals surface area contributed by atoms with E-state index in [0.717, 1.165) is 62.8 Å². The van der Waals surface area contributed by atoms with Crippen molar-refractivity contribution in [3.8, 4) is 0 Å². The van der Waals surface area contributed by atoms with Crippen LogP contribution in [0.3, 0.4) is 0 Å². The van der Waals surface area contributed by atoms with Gasteiger partial charge in [-0.2, -0.15) is 5.10 Å². The van der Waals surface area contributed by atoms with Gasteiger partial charge in [-0.05, 0) is 44.9 Å². The first-order valence-corrected chi connectivity index (χ1v) is 9.22. The van der Waals surface area contributed by atoms with Crippen LogP contribution in [0.15, 0.2) is 6.20 Å². The second kappa shape index (κ2) is 6.27. The first kappa shape index (κ1) is 15.2. The Hall–Kier alpha value is -1.36. The number of rotatable bonds is 2. The van der Waals surface area contributed by atoms with Gasteiger partial charge in [0.2, 0.25) is 5.91 Å². The molecule has 0 aromatic carbocycles. The van der Waals surface area contributed by atoms with Gasteiger partial charge >= 0.3 is 0 Å². The van der Waals surface area contributed by atoms with Crippen molar-refractivity contribution in [2.75, 3.05) is 6.61 Å². The van der Waals surface area contributed by atoms with Gasteiger partial charge in [0.25, 0.3) is 0 Å². The molecule has 1 spiro atoms. The lowest BCUT2D eigenvalue weighted by Crippen LogP contribution is -2.50. The van der Waals surface area contributed by atoms with Crippen LogP contribution < -0.4 is 5.32 Å². The Balaban J connectivity index is 1.41. The van der Waals surface area contributed by atoms with Crippen LogP contribution in [0.1, 0.15) is 75.0 Å². The molecular weight excluding hydrogens is 290 g/mol. The molecule has 3 aliphatic rings. The summed E-state index contributed by atoms with van der Waals surface area (Å²) >= 11 is 0. The minimum atomic E-state index is -0.0253. The summed E-state index contributed by atoms with van der Waals surface area (Å²) in [4.78, 5) is 12.8. The van der Waals surface area contributed by atoms with Crippen LogP contribution in [-0.2, 0) is 16.0 Å². The van der Waals surface area contributed by atoms with Gasteiger partial charge in [-0.15, -0.1) is 0 Å². The van der Waals surface area contributed by atoms with Gasteiger partial charge in [-0.3, -0.25) is 9.89 Å². The molecular formula is C18H27N3O2. The topological polar surface area (TPSA) is 67.0 Å². The maximum atomic E-state index is 12.8. The molecule has 1 amide bonds. The van der Waals surface area contributed by atoms with Gasteiger partial charge < -0.3 is 10.1 Å². The fourth-order valence-electron chi connectivity index (χ4n) is 4.73. The number of nitrogens with one attached hydrogen (secondary N) is 2. The summed E-state index contributed by atoms with van der Waals surface area (Å²) < 4.78 is 6.14. The average Bonchev–Trinajstić information content (AvgIpc) is 3.04. The molecule has 0 bridgehead atoms. The fourth-order valence-corrected chi connectivity index (χ4v) is 4.73. The highest BCUT2D eigenvalue weighted by Crippen LogP contribution is 2.39. The molecule has 2 N–H and O–H groups in total. The monoisotopic (exact) mass is 317 g/mol. The molecule has 1 saturated carbocycles. The summed E-state index contributed by atoms with van der Waals surface area (Å²) in [6, 6.07) is 0.270. The summed E-state index contributed by atoms with van der Waals surface area (Å²) in [5.74, 6) is 0.160. The third kappa shape index (κ3) is 3.03. The van der Waals surface area contributed by atoms with Crippen molar-refractivity contribution in [2.45, 2.75) is 81.8 Å². The Morgan fingerprint density at radius 1 is 1.26 bits per heavy atom. The molecule has 5 nitrogen and oxygen atoms in total. The maximum absolute atomic E-state index is 12.8. The molecule has 1 aromatic rings. The van der Waals surface area contributed by atoms with E-state index < -0.39 is 0 Å². The van der Waals surface area contributed by atoms with Crippen molar-refractivity contribution in [3.05, 3.63) is 17.5 Å². The number of aryl methyl sites for hydroxylation is 1. The molecule has 1 aliphatic heterocycles. The molecule has 5 heteroatoms. The number of hydrogen-bond acceptors (Lipinski definition) is 3. The summed E-state index contributed by atoms with van der Waals surface area (Å²) in [5, 5.41) is 10.5. The lowest BCUT2D eigenvalue weighted by molar-refractivity contribution is -0.130. The number of carbonyl (C=O) groups is 1. The number of hydrogen-bond donors (Lipinski definition) is 2. The zero-order valence-corrected chi connectivity index (χ0v) is 13.8. The molecule has 1 saturated heterocycles. The van der Waals surface area contributed by atoms with Crippen molar-refractivity contribution >= 4 is 5.91 Å². The molecule has 1 aromatic heterocycles. The second-order valence-electron chi connectivity index (χ2n) is 7.54. The molecule has 2 fully saturated rings. The van der Waals surface area contributed by atoms with Crippen LogP contribution in [0.2, 0.25) is 0 Å². The van der Waals surface area contributed by atoms with E-state index >= 15 is 0 Å². The third-order valence-corrected chi connectivity index (χ3v) is 5.97. The third-order valence-electron chi connectivity index (χ3n) is 5.97. The van der Waals surface area contributed by atoms with Crippen LogP contribution in [0, 0.1) is 0 Å². The smallest absolute Gasteiger partial charge is 0.227 e. The van der Waals surface area contributed by atoms with E-state index in [2.05, 4.69) is 15.5 Å². The quantitative estimate of drug-likeness (QED) is 0.881. The lowest BCUT2D eigenvalue weighted by Gasteiger charge is -2.44. The molecule has 0 radical (unpaired) electrons. The van der Waals surface area contributed by atoms with Crippen molar-refractivity contribution in [3.63, 3.8) is 0 Å². The van der Waals surface area contributed by atoms with Gasteiger partial charge in [0.05, 0.1) is 17.7 Å². The van der Waals surface area contributed by atoms with Gasteiger partial charge in [0, 0.05) is 23.9 Å². The summed E-state index contributed by atoms with van der Waals surface area (Å²) in [5.41, 5.74) is 2.29. The van der Waals surface area contributed by atoms with Crippen LogP contribution >= 0.6 is 0 Å². The molecule has 2 atom stereocenters. The Labute approximate surface area is 137 Å². The Morgan fingerprint density at radius 2 is 2.13 bits per heavy atom. The number of fused-ring (bicyclic) bond motifs is 1. The average molecular weight is 317 g/mol. The number of ether oxygens (including phenoxy) is 1. The lowest BCUT2D eigenvalue weighted by atomic mass is 9.78. The van der Waals surface area contributed by atoms with E-state index in [9.17, 15) is 4.79 Å². The minimum Gasteiger partial charge on any atom is -0.375 e. The zero-order valence-electron chi connectivity index (χ0n) is 13.8. The van der Waals surface area contributed by atoms with E-state index in [4.69, 9.17) is 4.74 Å². The largest absolute Gasteiger partial charge is 0.375 e. The Bertz CT molecular complexity index is 557. The molecule has 2 heterocycles. The summed E-state index contributed by atoms with van der Waals surface area (Å²) in [7, 11) is 0. The number of aromatic nitrogens is 2. The molecule has 2 aliphatic carbocycles. The van der Waals surface area contributed by atoms with Crippen molar-refractivity contribution in [2.24, 2.45) is 0 Å². The Kier molecular flexibility index (Phi) is 4.14. The maximum Gasteiger partial charge on any atom is 0.227 e. The molecule has 126 valence electrons. The summed E-state index contributed by atoms with van der Waals surface area (Å²) in [6.45, 7) is 0.784. The van der Waals surface area contributed by atoms with Crippen LogP contribution in [0.4, 0.5) is 0 Å². The normalized spacial score (nSPS) is 29.9. The molecule has 23 heavy (non-hydrogen) atoms. The van der Waals surface area contributed by atoms with Gasteiger partial charge in [-0.25, -0.2) is 0 Å². The van der Waals surface area contributed by atoms with Crippen LogP contribution in [-0.4, -0.2) is 34.4 Å². The van der Waals surface area contributed by atoms with Crippen molar-refractivity contribution in [1.29, 1.82) is 0 Å². The summed E-state index contributed by atoms with van der Waals surface area (Å²) in [6.07, 6.45) is 13.0.